The van der Waals surface area contributed by atoms with Crippen LogP contribution < -0.4 is 5.32 Å². The van der Waals surface area contributed by atoms with Gasteiger partial charge >= 0.3 is 0 Å². The van der Waals surface area contributed by atoms with Gasteiger partial charge in [0.15, 0.2) is 0 Å². The first-order chi connectivity index (χ1) is 9.56. The van der Waals surface area contributed by atoms with Crippen molar-refractivity contribution in [2.75, 3.05) is 6.54 Å². The fraction of sp³-hybridized carbons (Fsp3) is 0.429. The molecule has 0 saturated heterocycles. The molecule has 0 aromatic carbocycles. The largest absolute Gasteiger partial charge is 0.304 e. The van der Waals surface area contributed by atoms with E-state index in [4.69, 9.17) is 0 Å². The first-order valence-electron chi connectivity index (χ1n) is 6.63. The number of aromatic nitrogens is 3. The van der Waals surface area contributed by atoms with Crippen LogP contribution in [0, 0.1) is 5.82 Å². The van der Waals surface area contributed by atoms with E-state index in [0.29, 0.717) is 12.2 Å². The van der Waals surface area contributed by atoms with Crippen LogP contribution in [0.25, 0.3) is 0 Å². The summed E-state index contributed by atoms with van der Waals surface area (Å²) < 4.78 is 16.8. The topological polar surface area (TPSA) is 42.7 Å². The number of rotatable bonds is 5. The monoisotopic (exact) mass is 340 g/mol. The molecule has 0 spiro atoms. The molecule has 4 nitrogen and oxygen atoms in total. The van der Waals surface area contributed by atoms with Gasteiger partial charge in [-0.2, -0.15) is 5.10 Å². The first kappa shape index (κ1) is 15.1. The van der Waals surface area contributed by atoms with E-state index in [1.807, 2.05) is 25.5 Å². The van der Waals surface area contributed by atoms with Crippen LogP contribution in [0.4, 0.5) is 4.39 Å². The van der Waals surface area contributed by atoms with Crippen molar-refractivity contribution >= 4 is 15.9 Å². The lowest BCUT2D eigenvalue weighted by atomic mass is 10.1. The normalized spacial score (nSPS) is 12.9. The van der Waals surface area contributed by atoms with E-state index in [1.54, 1.807) is 18.5 Å². The molecule has 2 aromatic rings. The predicted molar refractivity (Wildman–Crippen MR) is 80.0 cm³/mol. The van der Waals surface area contributed by atoms with Crippen LogP contribution >= 0.6 is 15.9 Å². The molecule has 0 saturated carbocycles. The van der Waals surface area contributed by atoms with E-state index >= 15 is 0 Å². The molecule has 0 bridgehead atoms. The highest BCUT2D eigenvalue weighted by atomic mass is 79.9. The van der Waals surface area contributed by atoms with Crippen LogP contribution in [0.15, 0.2) is 29.0 Å². The average molecular weight is 341 g/mol. The highest BCUT2D eigenvalue weighted by Crippen LogP contribution is 2.30. The van der Waals surface area contributed by atoms with Crippen molar-refractivity contribution in [3.8, 4) is 0 Å². The third-order valence-corrected chi connectivity index (χ3v) is 3.63. The molecule has 6 heteroatoms. The van der Waals surface area contributed by atoms with Gasteiger partial charge < -0.3 is 5.32 Å². The second-order valence-electron chi connectivity index (χ2n) is 4.78. The van der Waals surface area contributed by atoms with Crippen LogP contribution in [0.3, 0.4) is 0 Å². The molecule has 2 rings (SSSR count). The van der Waals surface area contributed by atoms with Gasteiger partial charge in [-0.1, -0.05) is 6.92 Å². The van der Waals surface area contributed by atoms with Gasteiger partial charge in [-0.15, -0.1) is 0 Å². The molecule has 1 N–H and O–H groups in total. The van der Waals surface area contributed by atoms with Crippen molar-refractivity contribution in [1.29, 1.82) is 0 Å². The van der Waals surface area contributed by atoms with Crippen LogP contribution in [0.5, 0.6) is 0 Å². The van der Waals surface area contributed by atoms with Gasteiger partial charge in [-0.3, -0.25) is 9.67 Å². The Morgan fingerprint density at radius 2 is 2.20 bits per heavy atom. The molecule has 0 aliphatic rings. The molecular formula is C14H18BrFN4. The van der Waals surface area contributed by atoms with Crippen molar-refractivity contribution in [3.63, 3.8) is 0 Å². The Morgan fingerprint density at radius 1 is 1.45 bits per heavy atom. The Labute approximate surface area is 126 Å². The fourth-order valence-corrected chi connectivity index (χ4v) is 2.67. The Hall–Kier alpha value is -1.27. The molecule has 0 radical (unpaired) electrons. The van der Waals surface area contributed by atoms with E-state index in [1.165, 1.54) is 6.07 Å². The van der Waals surface area contributed by atoms with Crippen molar-refractivity contribution < 1.29 is 4.39 Å². The maximum Gasteiger partial charge on any atom is 0.146 e. The van der Waals surface area contributed by atoms with E-state index in [0.717, 1.165) is 10.2 Å². The SMILES string of the molecule is CCNC(c1ncccc1F)c1c(Br)cnn1C(C)C. The maximum absolute atomic E-state index is 14.1. The smallest absolute Gasteiger partial charge is 0.146 e. The van der Waals surface area contributed by atoms with Gasteiger partial charge in [0.05, 0.1) is 28.1 Å². The van der Waals surface area contributed by atoms with Crippen molar-refractivity contribution in [2.45, 2.75) is 32.9 Å². The molecule has 108 valence electrons. The molecule has 1 atom stereocenters. The summed E-state index contributed by atoms with van der Waals surface area (Å²) in [4.78, 5) is 4.20. The van der Waals surface area contributed by atoms with E-state index in [2.05, 4.69) is 31.3 Å². The molecule has 2 heterocycles. The third-order valence-electron chi connectivity index (χ3n) is 3.02. The molecule has 0 amide bonds. The summed E-state index contributed by atoms with van der Waals surface area (Å²) >= 11 is 3.50. The van der Waals surface area contributed by atoms with Crippen LogP contribution in [-0.4, -0.2) is 21.3 Å². The second-order valence-corrected chi connectivity index (χ2v) is 5.63. The average Bonchev–Trinajstić information content (AvgIpc) is 2.79. The molecule has 0 aliphatic heterocycles. The highest BCUT2D eigenvalue weighted by molar-refractivity contribution is 9.10. The van der Waals surface area contributed by atoms with E-state index < -0.39 is 0 Å². The van der Waals surface area contributed by atoms with Gasteiger partial charge in [0.25, 0.3) is 0 Å². The fourth-order valence-electron chi connectivity index (χ4n) is 2.17. The maximum atomic E-state index is 14.1. The summed E-state index contributed by atoms with van der Waals surface area (Å²) in [5.74, 6) is -0.318. The van der Waals surface area contributed by atoms with Gasteiger partial charge in [0.2, 0.25) is 0 Å². The lowest BCUT2D eigenvalue weighted by Gasteiger charge is -2.21. The Bertz CT molecular complexity index is 582. The predicted octanol–water partition coefficient (Wildman–Crippen LogP) is 3.46. The van der Waals surface area contributed by atoms with Crippen molar-refractivity contribution in [2.24, 2.45) is 0 Å². The lowest BCUT2D eigenvalue weighted by molar-refractivity contribution is 0.460. The summed E-state index contributed by atoms with van der Waals surface area (Å²) in [7, 11) is 0. The van der Waals surface area contributed by atoms with Gasteiger partial charge in [-0.25, -0.2) is 4.39 Å². The second kappa shape index (κ2) is 6.45. The summed E-state index contributed by atoms with van der Waals surface area (Å²) in [5, 5.41) is 7.64. The summed E-state index contributed by atoms with van der Waals surface area (Å²) in [6, 6.07) is 2.87. The summed E-state index contributed by atoms with van der Waals surface area (Å²) in [6.07, 6.45) is 3.34. The number of nitrogens with zero attached hydrogens (tertiary/aromatic N) is 3. The molecule has 1 unspecified atom stereocenters. The van der Waals surface area contributed by atoms with Crippen LogP contribution in [0.2, 0.25) is 0 Å². The molecule has 0 aliphatic carbocycles. The number of pyridine rings is 1. The standard InChI is InChI=1S/C14H18BrFN4/c1-4-17-13(12-11(16)6-5-7-18-12)14-10(15)8-19-20(14)9(2)3/h5-9,13,17H,4H2,1-3H3. The number of nitrogens with one attached hydrogen (secondary N) is 1. The quantitative estimate of drug-likeness (QED) is 0.906. The minimum atomic E-state index is -0.333. The minimum absolute atomic E-state index is 0.184. The number of halogens is 2. The minimum Gasteiger partial charge on any atom is -0.304 e. The lowest BCUT2D eigenvalue weighted by Crippen LogP contribution is -2.27. The van der Waals surface area contributed by atoms with Gasteiger partial charge in [0, 0.05) is 12.2 Å². The zero-order valence-corrected chi connectivity index (χ0v) is 13.4. The zero-order valence-electron chi connectivity index (χ0n) is 11.8. The zero-order chi connectivity index (χ0) is 14.7. The Morgan fingerprint density at radius 3 is 2.80 bits per heavy atom. The van der Waals surface area contributed by atoms with Crippen molar-refractivity contribution in [1.82, 2.24) is 20.1 Å². The van der Waals surface area contributed by atoms with Crippen LogP contribution in [0.1, 0.15) is 44.2 Å². The number of hydrogen-bond donors (Lipinski definition) is 1. The summed E-state index contributed by atoms with van der Waals surface area (Å²) in [5.41, 5.74) is 1.27. The highest BCUT2D eigenvalue weighted by Gasteiger charge is 2.25. The molecule has 2 aromatic heterocycles. The Balaban J connectivity index is 2.55. The van der Waals surface area contributed by atoms with E-state index in [-0.39, 0.29) is 17.9 Å². The van der Waals surface area contributed by atoms with Gasteiger partial charge in [-0.05, 0) is 48.5 Å². The van der Waals surface area contributed by atoms with Crippen molar-refractivity contribution in [3.05, 3.63) is 46.2 Å². The first-order valence-corrected chi connectivity index (χ1v) is 7.42. The third kappa shape index (κ3) is 2.91. The number of hydrogen-bond acceptors (Lipinski definition) is 3. The summed E-state index contributed by atoms with van der Waals surface area (Å²) in [6.45, 7) is 6.77. The Kier molecular flexibility index (Phi) is 4.88. The van der Waals surface area contributed by atoms with E-state index in [9.17, 15) is 4.39 Å². The van der Waals surface area contributed by atoms with Crippen LogP contribution in [-0.2, 0) is 0 Å². The molecular weight excluding hydrogens is 323 g/mol. The molecule has 20 heavy (non-hydrogen) atoms. The van der Waals surface area contributed by atoms with Gasteiger partial charge in [0.1, 0.15) is 5.82 Å². The molecule has 0 fully saturated rings.